The molecule has 2 aromatic carbocycles. The summed E-state index contributed by atoms with van der Waals surface area (Å²) in [6.07, 6.45) is 2.50. The van der Waals surface area contributed by atoms with Crippen molar-refractivity contribution in [2.75, 3.05) is 14.2 Å². The molecule has 1 aliphatic rings. The number of carbonyl (C=O) groups excluding carboxylic acids is 1. The molecule has 0 fully saturated rings. The van der Waals surface area contributed by atoms with Crippen LogP contribution in [-0.4, -0.2) is 25.0 Å². The van der Waals surface area contributed by atoms with Gasteiger partial charge in [-0.15, -0.1) is 0 Å². The third-order valence-corrected chi connectivity index (χ3v) is 4.48. The number of hydrogen-bond donors (Lipinski definition) is 0. The topological polar surface area (TPSA) is 29.5 Å². The lowest BCUT2D eigenvalue weighted by atomic mass is 10.1. The van der Waals surface area contributed by atoms with Crippen LogP contribution in [0.15, 0.2) is 48.5 Å². The van der Waals surface area contributed by atoms with Crippen LogP contribution in [0.2, 0.25) is 0 Å². The summed E-state index contributed by atoms with van der Waals surface area (Å²) in [6.45, 7) is 0. The third kappa shape index (κ3) is 2.84. The van der Waals surface area contributed by atoms with E-state index in [1.165, 1.54) is 11.1 Å². The fraction of sp³-hybridized carbons (Fsp3) is 0.316. The van der Waals surface area contributed by atoms with Gasteiger partial charge >= 0.3 is 0 Å². The quantitative estimate of drug-likeness (QED) is 0.865. The van der Waals surface area contributed by atoms with Crippen LogP contribution >= 0.6 is 0 Å². The van der Waals surface area contributed by atoms with E-state index in [-0.39, 0.29) is 11.9 Å². The van der Waals surface area contributed by atoms with Crippen molar-refractivity contribution < 1.29 is 9.53 Å². The number of methoxy groups -OCH3 is 1. The lowest BCUT2D eigenvalue weighted by molar-refractivity contribution is -0.131. The molecule has 3 heteroatoms. The first kappa shape index (κ1) is 14.6. The zero-order valence-electron chi connectivity index (χ0n) is 13.1. The first-order valence-electron chi connectivity index (χ1n) is 7.65. The molecule has 114 valence electrons. The number of amides is 1. The number of ether oxygens (including phenoxy) is 1. The van der Waals surface area contributed by atoms with Crippen molar-refractivity contribution in [3.63, 3.8) is 0 Å². The zero-order chi connectivity index (χ0) is 15.5. The highest BCUT2D eigenvalue weighted by molar-refractivity contribution is 5.79. The molecule has 22 heavy (non-hydrogen) atoms. The average Bonchev–Trinajstić information content (AvgIpc) is 2.99. The van der Waals surface area contributed by atoms with E-state index in [4.69, 9.17) is 4.74 Å². The van der Waals surface area contributed by atoms with Crippen molar-refractivity contribution in [1.29, 1.82) is 0 Å². The smallest absolute Gasteiger partial charge is 0.227 e. The van der Waals surface area contributed by atoms with E-state index in [1.54, 1.807) is 7.11 Å². The monoisotopic (exact) mass is 295 g/mol. The molecule has 3 rings (SSSR count). The Hall–Kier alpha value is -2.29. The fourth-order valence-electron chi connectivity index (χ4n) is 3.15. The highest BCUT2D eigenvalue weighted by atomic mass is 16.5. The molecule has 0 saturated carbocycles. The first-order valence-corrected chi connectivity index (χ1v) is 7.65. The van der Waals surface area contributed by atoms with Gasteiger partial charge in [0.25, 0.3) is 0 Å². The molecule has 0 spiro atoms. The molecule has 0 unspecified atom stereocenters. The predicted molar refractivity (Wildman–Crippen MR) is 87.0 cm³/mol. The van der Waals surface area contributed by atoms with Crippen molar-refractivity contribution >= 4 is 5.91 Å². The Labute approximate surface area is 131 Å². The number of nitrogens with zero attached hydrogens (tertiary/aromatic N) is 1. The van der Waals surface area contributed by atoms with E-state index in [0.29, 0.717) is 6.42 Å². The van der Waals surface area contributed by atoms with Crippen LogP contribution in [0.1, 0.15) is 29.2 Å². The number of likely N-dealkylation sites (N-methyl/N-ethyl adjacent to an activating group) is 1. The number of fused-ring (bicyclic) bond motifs is 1. The molecular weight excluding hydrogens is 274 g/mol. The predicted octanol–water partition coefficient (Wildman–Crippen LogP) is 3.38. The Bertz CT molecular complexity index is 663. The lowest BCUT2D eigenvalue weighted by Crippen LogP contribution is -2.31. The van der Waals surface area contributed by atoms with Crippen LogP contribution in [-0.2, 0) is 17.6 Å². The summed E-state index contributed by atoms with van der Waals surface area (Å²) in [7, 11) is 3.56. The second-order valence-electron chi connectivity index (χ2n) is 5.78. The summed E-state index contributed by atoms with van der Waals surface area (Å²) in [4.78, 5) is 14.5. The zero-order valence-corrected chi connectivity index (χ0v) is 13.1. The van der Waals surface area contributed by atoms with Gasteiger partial charge in [0.2, 0.25) is 5.91 Å². The van der Waals surface area contributed by atoms with E-state index < -0.39 is 0 Å². The van der Waals surface area contributed by atoms with Gasteiger partial charge in [-0.3, -0.25) is 4.79 Å². The van der Waals surface area contributed by atoms with Crippen molar-refractivity contribution in [3.05, 3.63) is 65.2 Å². The summed E-state index contributed by atoms with van der Waals surface area (Å²) >= 11 is 0. The number of aryl methyl sites for hydroxylation is 1. The molecule has 0 aliphatic heterocycles. The minimum absolute atomic E-state index is 0.159. The van der Waals surface area contributed by atoms with Crippen LogP contribution in [0.3, 0.4) is 0 Å². The fourth-order valence-corrected chi connectivity index (χ4v) is 3.15. The SMILES string of the molecule is COc1ccc(CC(=O)N(C)[C@@H]2CCc3ccccc32)cc1. The lowest BCUT2D eigenvalue weighted by Gasteiger charge is -2.25. The highest BCUT2D eigenvalue weighted by Crippen LogP contribution is 2.35. The summed E-state index contributed by atoms with van der Waals surface area (Å²) in [5.41, 5.74) is 3.69. The molecule has 1 amide bonds. The van der Waals surface area contributed by atoms with E-state index in [2.05, 4.69) is 24.3 Å². The van der Waals surface area contributed by atoms with Crippen LogP contribution in [0.4, 0.5) is 0 Å². The van der Waals surface area contributed by atoms with Gasteiger partial charge in [-0.05, 0) is 41.7 Å². The minimum atomic E-state index is 0.159. The number of benzene rings is 2. The van der Waals surface area contributed by atoms with Crippen LogP contribution in [0, 0.1) is 0 Å². The maximum atomic E-state index is 12.6. The third-order valence-electron chi connectivity index (χ3n) is 4.48. The van der Waals surface area contributed by atoms with Gasteiger partial charge in [-0.25, -0.2) is 0 Å². The van der Waals surface area contributed by atoms with E-state index >= 15 is 0 Å². The summed E-state index contributed by atoms with van der Waals surface area (Å²) < 4.78 is 5.15. The molecule has 3 nitrogen and oxygen atoms in total. The molecule has 0 aromatic heterocycles. The van der Waals surface area contributed by atoms with Gasteiger partial charge < -0.3 is 9.64 Å². The Morgan fingerprint density at radius 2 is 1.91 bits per heavy atom. The van der Waals surface area contributed by atoms with E-state index in [9.17, 15) is 4.79 Å². The van der Waals surface area contributed by atoms with E-state index in [1.807, 2.05) is 36.2 Å². The molecule has 0 saturated heterocycles. The molecule has 0 bridgehead atoms. The van der Waals surface area contributed by atoms with Gasteiger partial charge in [0.15, 0.2) is 0 Å². The molecule has 2 aromatic rings. The molecule has 0 heterocycles. The van der Waals surface area contributed by atoms with Crippen LogP contribution in [0.25, 0.3) is 0 Å². The normalized spacial score (nSPS) is 16.2. The maximum Gasteiger partial charge on any atom is 0.227 e. The van der Waals surface area contributed by atoms with Crippen LogP contribution < -0.4 is 4.74 Å². The molecule has 0 radical (unpaired) electrons. The van der Waals surface area contributed by atoms with Gasteiger partial charge in [-0.2, -0.15) is 0 Å². The molecule has 1 aliphatic carbocycles. The largest absolute Gasteiger partial charge is 0.497 e. The maximum absolute atomic E-state index is 12.6. The van der Waals surface area contributed by atoms with Gasteiger partial charge in [0, 0.05) is 7.05 Å². The van der Waals surface area contributed by atoms with Crippen LogP contribution in [0.5, 0.6) is 5.75 Å². The van der Waals surface area contributed by atoms with Crippen molar-refractivity contribution in [2.24, 2.45) is 0 Å². The standard InChI is InChI=1S/C19H21NO2/c1-20(18-12-9-15-5-3-4-6-17(15)18)19(21)13-14-7-10-16(22-2)11-8-14/h3-8,10-11,18H,9,12-13H2,1-2H3/t18-/m1/s1. The summed E-state index contributed by atoms with van der Waals surface area (Å²) in [5.74, 6) is 0.973. The van der Waals surface area contributed by atoms with Crippen molar-refractivity contribution in [1.82, 2.24) is 4.90 Å². The Kier molecular flexibility index (Phi) is 4.14. The van der Waals surface area contributed by atoms with Gasteiger partial charge in [0.1, 0.15) is 5.75 Å². The number of carbonyl (C=O) groups is 1. The van der Waals surface area contributed by atoms with Crippen molar-refractivity contribution in [3.8, 4) is 5.75 Å². The average molecular weight is 295 g/mol. The highest BCUT2D eigenvalue weighted by Gasteiger charge is 2.28. The Morgan fingerprint density at radius 3 is 2.64 bits per heavy atom. The van der Waals surface area contributed by atoms with Crippen molar-refractivity contribution in [2.45, 2.75) is 25.3 Å². The summed E-state index contributed by atoms with van der Waals surface area (Å²) in [6, 6.07) is 16.3. The minimum Gasteiger partial charge on any atom is -0.497 e. The molecular formula is C19H21NO2. The van der Waals surface area contributed by atoms with E-state index in [0.717, 1.165) is 24.2 Å². The second kappa shape index (κ2) is 6.22. The molecule has 1 atom stereocenters. The number of rotatable bonds is 4. The van der Waals surface area contributed by atoms with Gasteiger partial charge in [-0.1, -0.05) is 36.4 Å². The second-order valence-corrected chi connectivity index (χ2v) is 5.78. The Morgan fingerprint density at radius 1 is 1.18 bits per heavy atom. The Balaban J connectivity index is 1.70. The molecule has 0 N–H and O–H groups in total. The van der Waals surface area contributed by atoms with Gasteiger partial charge in [0.05, 0.1) is 19.6 Å². The first-order chi connectivity index (χ1) is 10.7. The summed E-state index contributed by atoms with van der Waals surface area (Å²) in [5, 5.41) is 0. The number of hydrogen-bond acceptors (Lipinski definition) is 2.